The van der Waals surface area contributed by atoms with Crippen molar-refractivity contribution in [1.82, 2.24) is 4.98 Å². The molecule has 0 radical (unpaired) electrons. The second kappa shape index (κ2) is 7.69. The Kier molecular flexibility index (Phi) is 5.17. The standard InChI is InChI=1S/C19H16N2O3S/c1-22-17-7-6-14(9-18(17)23-2)19-21-15(12-25-19)11-24-16-5-3-4-13(8-16)10-20/h3-9,12H,11H2,1-2H3. The monoisotopic (exact) mass is 352 g/mol. The summed E-state index contributed by atoms with van der Waals surface area (Å²) in [6, 6.07) is 14.9. The molecule has 0 aliphatic carbocycles. The molecule has 6 heteroatoms. The summed E-state index contributed by atoms with van der Waals surface area (Å²) in [7, 11) is 3.22. The number of nitrogens with zero attached hydrogens (tertiary/aromatic N) is 2. The fraction of sp³-hybridized carbons (Fsp3) is 0.158. The number of methoxy groups -OCH3 is 2. The van der Waals surface area contributed by atoms with Gasteiger partial charge < -0.3 is 14.2 Å². The summed E-state index contributed by atoms with van der Waals surface area (Å²) in [6.07, 6.45) is 0. The van der Waals surface area contributed by atoms with E-state index in [4.69, 9.17) is 19.5 Å². The minimum atomic E-state index is 0.346. The minimum Gasteiger partial charge on any atom is -0.493 e. The van der Waals surface area contributed by atoms with E-state index in [0.717, 1.165) is 16.3 Å². The van der Waals surface area contributed by atoms with Gasteiger partial charge in [0.05, 0.1) is 31.5 Å². The smallest absolute Gasteiger partial charge is 0.161 e. The van der Waals surface area contributed by atoms with Gasteiger partial charge >= 0.3 is 0 Å². The van der Waals surface area contributed by atoms with Gasteiger partial charge in [0.1, 0.15) is 17.4 Å². The fourth-order valence-corrected chi connectivity index (χ4v) is 3.09. The number of benzene rings is 2. The Balaban J connectivity index is 1.73. The number of aromatic nitrogens is 1. The molecule has 0 spiro atoms. The second-order valence-corrected chi connectivity index (χ2v) is 6.00. The number of thiazole rings is 1. The van der Waals surface area contributed by atoms with Crippen molar-refractivity contribution in [3.8, 4) is 33.9 Å². The highest BCUT2D eigenvalue weighted by Crippen LogP contribution is 2.33. The summed E-state index contributed by atoms with van der Waals surface area (Å²) < 4.78 is 16.3. The van der Waals surface area contributed by atoms with Crippen LogP contribution >= 0.6 is 11.3 Å². The maximum atomic E-state index is 8.92. The van der Waals surface area contributed by atoms with Gasteiger partial charge in [-0.2, -0.15) is 5.26 Å². The normalized spacial score (nSPS) is 10.1. The molecule has 3 aromatic rings. The van der Waals surface area contributed by atoms with E-state index in [0.29, 0.717) is 29.4 Å². The number of nitriles is 1. The molecule has 0 bridgehead atoms. The van der Waals surface area contributed by atoms with E-state index in [9.17, 15) is 0 Å². The van der Waals surface area contributed by atoms with Crippen molar-refractivity contribution in [2.24, 2.45) is 0 Å². The lowest BCUT2D eigenvalue weighted by molar-refractivity contribution is 0.302. The highest BCUT2D eigenvalue weighted by molar-refractivity contribution is 7.13. The zero-order valence-electron chi connectivity index (χ0n) is 13.9. The lowest BCUT2D eigenvalue weighted by atomic mass is 10.2. The highest BCUT2D eigenvalue weighted by Gasteiger charge is 2.10. The molecule has 25 heavy (non-hydrogen) atoms. The van der Waals surface area contributed by atoms with Gasteiger partial charge in [-0.25, -0.2) is 4.98 Å². The SMILES string of the molecule is COc1ccc(-c2nc(COc3cccc(C#N)c3)cs2)cc1OC. The summed E-state index contributed by atoms with van der Waals surface area (Å²) in [4.78, 5) is 4.60. The first-order chi connectivity index (χ1) is 12.2. The molecule has 0 N–H and O–H groups in total. The van der Waals surface area contributed by atoms with E-state index < -0.39 is 0 Å². The van der Waals surface area contributed by atoms with Crippen LogP contribution in [-0.4, -0.2) is 19.2 Å². The molecule has 1 heterocycles. The molecule has 0 saturated carbocycles. The van der Waals surface area contributed by atoms with Gasteiger partial charge in [0.25, 0.3) is 0 Å². The molecule has 1 aromatic heterocycles. The number of ether oxygens (including phenoxy) is 3. The molecule has 2 aromatic carbocycles. The third kappa shape index (κ3) is 3.90. The van der Waals surface area contributed by atoms with Gasteiger partial charge in [-0.15, -0.1) is 11.3 Å². The predicted molar refractivity (Wildman–Crippen MR) is 96.1 cm³/mol. The zero-order valence-corrected chi connectivity index (χ0v) is 14.7. The molecular weight excluding hydrogens is 336 g/mol. The van der Waals surface area contributed by atoms with Crippen molar-refractivity contribution in [2.75, 3.05) is 14.2 Å². The highest BCUT2D eigenvalue weighted by atomic mass is 32.1. The summed E-state index contributed by atoms with van der Waals surface area (Å²) in [5, 5.41) is 11.8. The Morgan fingerprint density at radius 3 is 2.68 bits per heavy atom. The minimum absolute atomic E-state index is 0.346. The van der Waals surface area contributed by atoms with Crippen LogP contribution in [0.15, 0.2) is 47.8 Å². The molecule has 0 amide bonds. The average molecular weight is 352 g/mol. The first-order valence-electron chi connectivity index (χ1n) is 7.53. The fourth-order valence-electron chi connectivity index (χ4n) is 2.29. The Morgan fingerprint density at radius 2 is 1.92 bits per heavy atom. The van der Waals surface area contributed by atoms with E-state index in [1.165, 1.54) is 11.3 Å². The van der Waals surface area contributed by atoms with E-state index in [2.05, 4.69) is 11.1 Å². The first kappa shape index (κ1) is 16.8. The van der Waals surface area contributed by atoms with Crippen LogP contribution < -0.4 is 14.2 Å². The maximum absolute atomic E-state index is 8.92. The van der Waals surface area contributed by atoms with Gasteiger partial charge in [0.15, 0.2) is 11.5 Å². The molecule has 0 aliphatic rings. The van der Waals surface area contributed by atoms with E-state index in [1.54, 1.807) is 32.4 Å². The first-order valence-corrected chi connectivity index (χ1v) is 8.41. The summed E-state index contributed by atoms with van der Waals surface area (Å²) in [5.41, 5.74) is 2.36. The molecule has 0 saturated heterocycles. The van der Waals surface area contributed by atoms with Gasteiger partial charge in [0.2, 0.25) is 0 Å². The largest absolute Gasteiger partial charge is 0.493 e. The van der Waals surface area contributed by atoms with Crippen molar-refractivity contribution >= 4 is 11.3 Å². The van der Waals surface area contributed by atoms with Gasteiger partial charge in [0, 0.05) is 10.9 Å². The van der Waals surface area contributed by atoms with Crippen LogP contribution in [-0.2, 0) is 6.61 Å². The number of rotatable bonds is 6. The molecule has 3 rings (SSSR count). The van der Waals surface area contributed by atoms with Crippen molar-refractivity contribution in [3.63, 3.8) is 0 Å². The summed E-state index contributed by atoms with van der Waals surface area (Å²) in [5.74, 6) is 2.00. The third-order valence-electron chi connectivity index (χ3n) is 3.53. The molecule has 126 valence electrons. The summed E-state index contributed by atoms with van der Waals surface area (Å²) >= 11 is 1.54. The van der Waals surface area contributed by atoms with Crippen molar-refractivity contribution in [3.05, 3.63) is 59.1 Å². The van der Waals surface area contributed by atoms with Crippen molar-refractivity contribution in [2.45, 2.75) is 6.61 Å². The average Bonchev–Trinajstić information content (AvgIpc) is 3.15. The van der Waals surface area contributed by atoms with Crippen LogP contribution in [0, 0.1) is 11.3 Å². The second-order valence-electron chi connectivity index (χ2n) is 5.14. The van der Waals surface area contributed by atoms with Crippen LogP contribution in [0.3, 0.4) is 0 Å². The molecule has 0 aliphatic heterocycles. The van der Waals surface area contributed by atoms with Crippen LogP contribution in [0.2, 0.25) is 0 Å². The zero-order chi connectivity index (χ0) is 17.6. The Hall–Kier alpha value is -3.04. The third-order valence-corrected chi connectivity index (χ3v) is 4.47. The molecule has 0 unspecified atom stereocenters. The number of hydrogen-bond donors (Lipinski definition) is 0. The van der Waals surface area contributed by atoms with E-state index >= 15 is 0 Å². The molecule has 0 atom stereocenters. The van der Waals surface area contributed by atoms with Crippen molar-refractivity contribution in [1.29, 1.82) is 5.26 Å². The predicted octanol–water partition coefficient (Wildman–Crippen LogP) is 4.28. The van der Waals surface area contributed by atoms with Gasteiger partial charge in [-0.05, 0) is 36.4 Å². The number of hydrogen-bond acceptors (Lipinski definition) is 6. The van der Waals surface area contributed by atoms with Crippen LogP contribution in [0.4, 0.5) is 0 Å². The maximum Gasteiger partial charge on any atom is 0.161 e. The van der Waals surface area contributed by atoms with E-state index in [-0.39, 0.29) is 0 Å². The van der Waals surface area contributed by atoms with Crippen LogP contribution in [0.25, 0.3) is 10.6 Å². The van der Waals surface area contributed by atoms with Gasteiger partial charge in [-0.3, -0.25) is 0 Å². The van der Waals surface area contributed by atoms with Gasteiger partial charge in [-0.1, -0.05) is 6.07 Å². The van der Waals surface area contributed by atoms with Crippen molar-refractivity contribution < 1.29 is 14.2 Å². The molecule has 0 fully saturated rings. The Bertz CT molecular complexity index is 915. The lowest BCUT2D eigenvalue weighted by Crippen LogP contribution is -1.96. The molecular formula is C19H16N2O3S. The Labute approximate surface area is 150 Å². The van der Waals surface area contributed by atoms with E-state index in [1.807, 2.05) is 29.6 Å². The van der Waals surface area contributed by atoms with Crippen LogP contribution in [0.5, 0.6) is 17.2 Å². The quantitative estimate of drug-likeness (QED) is 0.662. The Morgan fingerprint density at radius 1 is 1.08 bits per heavy atom. The van der Waals surface area contributed by atoms with Crippen LogP contribution in [0.1, 0.15) is 11.3 Å². The topological polar surface area (TPSA) is 64.4 Å². The summed E-state index contributed by atoms with van der Waals surface area (Å²) in [6.45, 7) is 0.346. The molecule has 5 nitrogen and oxygen atoms in total. The lowest BCUT2D eigenvalue weighted by Gasteiger charge is -2.08.